The molecule has 112 valence electrons. The lowest BCUT2D eigenvalue weighted by Gasteiger charge is -2.23. The van der Waals surface area contributed by atoms with Crippen LogP contribution in [0.25, 0.3) is 0 Å². The number of ether oxygens (including phenoxy) is 1. The van der Waals surface area contributed by atoms with Crippen molar-refractivity contribution in [1.29, 1.82) is 0 Å². The van der Waals surface area contributed by atoms with Crippen LogP contribution in [0, 0.1) is 0 Å². The topological polar surface area (TPSA) is 21.3 Å². The lowest BCUT2D eigenvalue weighted by atomic mass is 9.86. The predicted molar refractivity (Wildman–Crippen MR) is 90.1 cm³/mol. The maximum absolute atomic E-state index is 5.55. The minimum atomic E-state index is 0.136. The monoisotopic (exact) mass is 283 g/mol. The van der Waals surface area contributed by atoms with E-state index in [-0.39, 0.29) is 5.41 Å². The van der Waals surface area contributed by atoms with Gasteiger partial charge >= 0.3 is 0 Å². The Bertz CT molecular complexity index is 584. The summed E-state index contributed by atoms with van der Waals surface area (Å²) in [7, 11) is 0. The zero-order valence-electron chi connectivity index (χ0n) is 13.4. The van der Waals surface area contributed by atoms with Crippen molar-refractivity contribution in [3.63, 3.8) is 0 Å². The van der Waals surface area contributed by atoms with Gasteiger partial charge in [-0.05, 0) is 41.7 Å². The van der Waals surface area contributed by atoms with E-state index in [9.17, 15) is 0 Å². The Balaban J connectivity index is 2.12. The van der Waals surface area contributed by atoms with Gasteiger partial charge in [0.25, 0.3) is 0 Å². The van der Waals surface area contributed by atoms with Crippen LogP contribution in [0.2, 0.25) is 0 Å². The van der Waals surface area contributed by atoms with Gasteiger partial charge in [0.1, 0.15) is 5.75 Å². The molecular weight excluding hydrogens is 258 g/mol. The lowest BCUT2D eigenvalue weighted by Crippen LogP contribution is -2.14. The van der Waals surface area contributed by atoms with Gasteiger partial charge in [-0.1, -0.05) is 51.1 Å². The third kappa shape index (κ3) is 4.25. The van der Waals surface area contributed by atoms with Crippen LogP contribution in [-0.4, -0.2) is 6.61 Å². The fraction of sp³-hybridized carbons (Fsp3) is 0.368. The first-order chi connectivity index (χ1) is 10.0. The molecule has 0 unspecified atom stereocenters. The van der Waals surface area contributed by atoms with Gasteiger partial charge < -0.3 is 10.1 Å². The molecule has 0 radical (unpaired) electrons. The minimum absolute atomic E-state index is 0.136. The summed E-state index contributed by atoms with van der Waals surface area (Å²) in [5.41, 5.74) is 3.90. The third-order valence-corrected chi connectivity index (χ3v) is 3.43. The van der Waals surface area contributed by atoms with Crippen molar-refractivity contribution in [2.24, 2.45) is 0 Å². The Labute approximate surface area is 128 Å². The lowest BCUT2D eigenvalue weighted by molar-refractivity contribution is 0.340. The summed E-state index contributed by atoms with van der Waals surface area (Å²) in [6.45, 7) is 10.2. The molecule has 0 aliphatic heterocycles. The number of hydrogen-bond acceptors (Lipinski definition) is 2. The summed E-state index contributed by atoms with van der Waals surface area (Å²) in [4.78, 5) is 0. The van der Waals surface area contributed by atoms with Gasteiger partial charge in [0, 0.05) is 12.2 Å². The summed E-state index contributed by atoms with van der Waals surface area (Å²) in [5.74, 6) is 0.931. The van der Waals surface area contributed by atoms with Crippen molar-refractivity contribution in [2.75, 3.05) is 11.9 Å². The molecular formula is C19H25NO. The first kappa shape index (κ1) is 15.4. The van der Waals surface area contributed by atoms with Crippen LogP contribution < -0.4 is 10.1 Å². The van der Waals surface area contributed by atoms with Crippen LogP contribution in [0.5, 0.6) is 5.75 Å². The van der Waals surface area contributed by atoms with Crippen molar-refractivity contribution >= 4 is 5.69 Å². The van der Waals surface area contributed by atoms with Crippen molar-refractivity contribution < 1.29 is 4.74 Å². The Morgan fingerprint density at radius 3 is 2.48 bits per heavy atom. The second kappa shape index (κ2) is 6.66. The quantitative estimate of drug-likeness (QED) is 0.834. The molecule has 0 amide bonds. The summed E-state index contributed by atoms with van der Waals surface area (Å²) in [5, 5.41) is 3.55. The van der Waals surface area contributed by atoms with Gasteiger partial charge in [-0.25, -0.2) is 0 Å². The molecule has 2 aromatic carbocycles. The Kier molecular flexibility index (Phi) is 4.89. The largest absolute Gasteiger partial charge is 0.494 e. The molecule has 0 saturated heterocycles. The van der Waals surface area contributed by atoms with E-state index in [0.29, 0.717) is 6.61 Å². The summed E-state index contributed by atoms with van der Waals surface area (Å²) in [6.07, 6.45) is 0. The molecule has 2 nitrogen and oxygen atoms in total. The highest BCUT2D eigenvalue weighted by molar-refractivity contribution is 5.54. The van der Waals surface area contributed by atoms with E-state index in [1.54, 1.807) is 0 Å². The van der Waals surface area contributed by atoms with Crippen LogP contribution in [-0.2, 0) is 12.0 Å². The molecule has 1 N–H and O–H groups in total. The molecule has 0 atom stereocenters. The number of para-hydroxylation sites is 1. The van der Waals surface area contributed by atoms with Crippen LogP contribution >= 0.6 is 0 Å². The molecule has 0 bridgehead atoms. The fourth-order valence-electron chi connectivity index (χ4n) is 2.40. The van der Waals surface area contributed by atoms with E-state index in [4.69, 9.17) is 4.74 Å². The minimum Gasteiger partial charge on any atom is -0.494 e. The molecule has 21 heavy (non-hydrogen) atoms. The summed E-state index contributed by atoms with van der Waals surface area (Å²) < 4.78 is 5.55. The zero-order chi connectivity index (χ0) is 15.3. The smallest absolute Gasteiger partial charge is 0.119 e. The number of nitrogens with one attached hydrogen (secondary N) is 1. The Morgan fingerprint density at radius 1 is 1.00 bits per heavy atom. The standard InChI is InChI=1S/C19H25NO/c1-5-21-16-10-8-9-15(13-16)14-20-18-12-7-6-11-17(18)19(2,3)4/h6-13,20H,5,14H2,1-4H3. The van der Waals surface area contributed by atoms with E-state index in [0.717, 1.165) is 12.3 Å². The number of hydrogen-bond donors (Lipinski definition) is 1. The zero-order valence-corrected chi connectivity index (χ0v) is 13.4. The Morgan fingerprint density at radius 2 is 1.76 bits per heavy atom. The average molecular weight is 283 g/mol. The first-order valence-corrected chi connectivity index (χ1v) is 7.56. The summed E-state index contributed by atoms with van der Waals surface area (Å²) in [6, 6.07) is 16.8. The van der Waals surface area contributed by atoms with Crippen LogP contribution in [0.15, 0.2) is 48.5 Å². The first-order valence-electron chi connectivity index (χ1n) is 7.56. The van der Waals surface area contributed by atoms with E-state index in [2.05, 4.69) is 62.5 Å². The molecule has 0 spiro atoms. The van der Waals surface area contributed by atoms with Crippen LogP contribution in [0.3, 0.4) is 0 Å². The van der Waals surface area contributed by atoms with Gasteiger partial charge in [0.2, 0.25) is 0 Å². The third-order valence-electron chi connectivity index (χ3n) is 3.43. The Hall–Kier alpha value is -1.96. The molecule has 0 saturated carbocycles. The van der Waals surface area contributed by atoms with Gasteiger partial charge in [0.15, 0.2) is 0 Å². The normalized spacial score (nSPS) is 11.2. The highest BCUT2D eigenvalue weighted by Gasteiger charge is 2.17. The fourth-order valence-corrected chi connectivity index (χ4v) is 2.40. The molecule has 0 heterocycles. The highest BCUT2D eigenvalue weighted by Crippen LogP contribution is 2.29. The van der Waals surface area contributed by atoms with E-state index in [1.807, 2.05) is 19.1 Å². The average Bonchev–Trinajstić information content (AvgIpc) is 2.45. The molecule has 0 fully saturated rings. The second-order valence-corrected chi connectivity index (χ2v) is 6.23. The molecule has 0 aliphatic rings. The molecule has 2 heteroatoms. The van der Waals surface area contributed by atoms with Gasteiger partial charge in [-0.2, -0.15) is 0 Å². The molecule has 2 rings (SSSR count). The summed E-state index contributed by atoms with van der Waals surface area (Å²) >= 11 is 0. The SMILES string of the molecule is CCOc1cccc(CNc2ccccc2C(C)(C)C)c1. The second-order valence-electron chi connectivity index (χ2n) is 6.23. The van der Waals surface area contributed by atoms with Crippen LogP contribution in [0.4, 0.5) is 5.69 Å². The maximum atomic E-state index is 5.55. The predicted octanol–water partition coefficient (Wildman–Crippen LogP) is 4.99. The number of anilines is 1. The highest BCUT2D eigenvalue weighted by atomic mass is 16.5. The van der Waals surface area contributed by atoms with Gasteiger partial charge in [-0.3, -0.25) is 0 Å². The van der Waals surface area contributed by atoms with E-state index in [1.165, 1.54) is 16.8 Å². The molecule has 0 aliphatic carbocycles. The number of rotatable bonds is 5. The van der Waals surface area contributed by atoms with Gasteiger partial charge in [-0.15, -0.1) is 0 Å². The molecule has 2 aromatic rings. The van der Waals surface area contributed by atoms with Crippen molar-refractivity contribution in [3.8, 4) is 5.75 Å². The van der Waals surface area contributed by atoms with E-state index >= 15 is 0 Å². The van der Waals surface area contributed by atoms with Crippen LogP contribution in [0.1, 0.15) is 38.8 Å². The van der Waals surface area contributed by atoms with Gasteiger partial charge in [0.05, 0.1) is 6.61 Å². The molecule has 0 aromatic heterocycles. The van der Waals surface area contributed by atoms with E-state index < -0.39 is 0 Å². The van der Waals surface area contributed by atoms with Crippen molar-refractivity contribution in [1.82, 2.24) is 0 Å². The van der Waals surface area contributed by atoms with Crippen molar-refractivity contribution in [2.45, 2.75) is 39.7 Å². The van der Waals surface area contributed by atoms with Crippen molar-refractivity contribution in [3.05, 3.63) is 59.7 Å². The number of benzene rings is 2. The maximum Gasteiger partial charge on any atom is 0.119 e.